The summed E-state index contributed by atoms with van der Waals surface area (Å²) in [6, 6.07) is 5.34. The maximum Gasteiger partial charge on any atom is 0.326 e. The van der Waals surface area contributed by atoms with Gasteiger partial charge in [0.15, 0.2) is 0 Å². The van der Waals surface area contributed by atoms with Crippen molar-refractivity contribution in [3.05, 3.63) is 28.7 Å². The first-order valence-corrected chi connectivity index (χ1v) is 6.19. The molecule has 6 heteroatoms. The number of rotatable bonds is 6. The molecule has 0 aliphatic rings. The van der Waals surface area contributed by atoms with Gasteiger partial charge in [0.2, 0.25) is 0 Å². The fraction of sp³-hybridized carbons (Fsp3) is 0.385. The molecule has 0 aliphatic heterocycles. The minimum absolute atomic E-state index is 0.0894. The number of aryl methyl sites for hydroxylation is 1. The molecule has 0 amide bonds. The Morgan fingerprint density at radius 1 is 1.47 bits per heavy atom. The topological polar surface area (TPSA) is 84.3 Å². The van der Waals surface area contributed by atoms with Crippen LogP contribution in [0.2, 0.25) is 0 Å². The van der Waals surface area contributed by atoms with Gasteiger partial charge >= 0.3 is 11.7 Å². The third-order valence-electron chi connectivity index (χ3n) is 2.87. The van der Waals surface area contributed by atoms with E-state index in [9.17, 15) is 9.59 Å². The second kappa shape index (κ2) is 5.60. The summed E-state index contributed by atoms with van der Waals surface area (Å²) in [6.45, 7) is 2.83. The van der Waals surface area contributed by atoms with Crippen molar-refractivity contribution in [3.63, 3.8) is 0 Å². The number of fused-ring (bicyclic) bond motifs is 1. The predicted molar refractivity (Wildman–Crippen MR) is 70.6 cm³/mol. The first-order valence-electron chi connectivity index (χ1n) is 6.19. The van der Waals surface area contributed by atoms with Crippen LogP contribution in [0.15, 0.2) is 23.0 Å². The van der Waals surface area contributed by atoms with E-state index in [4.69, 9.17) is 9.84 Å². The number of H-pyrrole nitrogens is 1. The number of aromatic amines is 1. The lowest BCUT2D eigenvalue weighted by atomic mass is 10.3. The van der Waals surface area contributed by atoms with Crippen LogP contribution < -0.4 is 10.4 Å². The Labute approximate surface area is 109 Å². The Morgan fingerprint density at radius 2 is 2.26 bits per heavy atom. The third kappa shape index (κ3) is 2.96. The molecule has 0 atom stereocenters. The number of aromatic nitrogens is 2. The number of nitrogens with one attached hydrogen (secondary N) is 1. The monoisotopic (exact) mass is 264 g/mol. The highest BCUT2D eigenvalue weighted by Gasteiger charge is 2.06. The van der Waals surface area contributed by atoms with Crippen molar-refractivity contribution in [2.45, 2.75) is 26.3 Å². The minimum Gasteiger partial charge on any atom is -0.494 e. The number of ether oxygens (including phenoxy) is 1. The summed E-state index contributed by atoms with van der Waals surface area (Å²) < 4.78 is 7.11. The van der Waals surface area contributed by atoms with Crippen molar-refractivity contribution < 1.29 is 14.6 Å². The molecule has 0 fully saturated rings. The molecule has 1 heterocycles. The quantitative estimate of drug-likeness (QED) is 0.776. The molecule has 0 unspecified atom stereocenters. The van der Waals surface area contributed by atoms with E-state index >= 15 is 0 Å². The maximum absolute atomic E-state index is 11.6. The number of nitrogens with zero attached hydrogens (tertiary/aromatic N) is 1. The van der Waals surface area contributed by atoms with Gasteiger partial charge in [-0.1, -0.05) is 0 Å². The molecule has 0 aliphatic carbocycles. The fourth-order valence-electron chi connectivity index (χ4n) is 1.95. The van der Waals surface area contributed by atoms with Crippen LogP contribution in [0.5, 0.6) is 5.75 Å². The summed E-state index contributed by atoms with van der Waals surface area (Å²) >= 11 is 0. The Kier molecular flexibility index (Phi) is 3.89. The molecule has 0 spiro atoms. The van der Waals surface area contributed by atoms with Gasteiger partial charge in [0.1, 0.15) is 5.75 Å². The van der Waals surface area contributed by atoms with E-state index in [0.717, 1.165) is 11.0 Å². The Bertz CT molecular complexity index is 642. The van der Waals surface area contributed by atoms with Crippen molar-refractivity contribution in [2.24, 2.45) is 0 Å². The number of carbonyl (C=O) groups is 1. The van der Waals surface area contributed by atoms with E-state index in [1.165, 1.54) is 0 Å². The molecule has 2 N–H and O–H groups in total. The number of carboxylic acid groups (broad SMARTS) is 1. The van der Waals surface area contributed by atoms with Gasteiger partial charge in [-0.15, -0.1) is 0 Å². The zero-order valence-corrected chi connectivity index (χ0v) is 10.7. The molecule has 0 bridgehead atoms. The fourth-order valence-corrected chi connectivity index (χ4v) is 1.95. The number of aliphatic carboxylic acids is 1. The standard InChI is InChI=1S/C13H16N2O4/c1-2-15-11-8-9(19-7-3-4-12(16)17)5-6-10(11)14-13(15)18/h5-6,8H,2-4,7H2,1H3,(H,14,18)(H,16,17). The molecule has 102 valence electrons. The summed E-state index contributed by atoms with van der Waals surface area (Å²) in [5.41, 5.74) is 1.42. The van der Waals surface area contributed by atoms with E-state index < -0.39 is 5.97 Å². The zero-order valence-electron chi connectivity index (χ0n) is 10.7. The van der Waals surface area contributed by atoms with Crippen LogP contribution in [0.3, 0.4) is 0 Å². The van der Waals surface area contributed by atoms with E-state index in [1.807, 2.05) is 6.92 Å². The molecular weight excluding hydrogens is 248 g/mol. The van der Waals surface area contributed by atoms with Crippen LogP contribution >= 0.6 is 0 Å². The first kappa shape index (κ1) is 13.2. The number of imidazole rings is 1. The number of carboxylic acids is 1. The normalized spacial score (nSPS) is 10.8. The van der Waals surface area contributed by atoms with Crippen molar-refractivity contribution >= 4 is 17.0 Å². The van der Waals surface area contributed by atoms with Gasteiger partial charge < -0.3 is 14.8 Å². The predicted octanol–water partition coefficient (Wildman–Crippen LogP) is 1.59. The van der Waals surface area contributed by atoms with Gasteiger partial charge in [-0.3, -0.25) is 9.36 Å². The van der Waals surface area contributed by atoms with Gasteiger partial charge in [-0.05, 0) is 25.5 Å². The molecule has 19 heavy (non-hydrogen) atoms. The van der Waals surface area contributed by atoms with E-state index in [0.29, 0.717) is 25.3 Å². The summed E-state index contributed by atoms with van der Waals surface area (Å²) in [5, 5.41) is 8.53. The van der Waals surface area contributed by atoms with Crippen LogP contribution in [0, 0.1) is 0 Å². The lowest BCUT2D eigenvalue weighted by molar-refractivity contribution is -0.137. The second-order valence-electron chi connectivity index (χ2n) is 4.20. The smallest absolute Gasteiger partial charge is 0.326 e. The Morgan fingerprint density at radius 3 is 2.95 bits per heavy atom. The van der Waals surface area contributed by atoms with Gasteiger partial charge in [-0.25, -0.2) is 4.79 Å². The first-order chi connectivity index (χ1) is 9.11. The molecule has 6 nitrogen and oxygen atoms in total. The number of hydrogen-bond acceptors (Lipinski definition) is 3. The largest absolute Gasteiger partial charge is 0.494 e. The molecule has 1 aromatic heterocycles. The summed E-state index contributed by atoms with van der Waals surface area (Å²) in [6.07, 6.45) is 0.549. The third-order valence-corrected chi connectivity index (χ3v) is 2.87. The molecule has 2 rings (SSSR count). The van der Waals surface area contributed by atoms with Crippen LogP contribution in [0.25, 0.3) is 11.0 Å². The minimum atomic E-state index is -0.829. The molecule has 0 radical (unpaired) electrons. The number of benzene rings is 1. The van der Waals surface area contributed by atoms with E-state index in [2.05, 4.69) is 4.98 Å². The van der Waals surface area contributed by atoms with Gasteiger partial charge in [0, 0.05) is 19.0 Å². The average molecular weight is 264 g/mol. The van der Waals surface area contributed by atoms with Gasteiger partial charge in [0.05, 0.1) is 17.6 Å². The highest BCUT2D eigenvalue weighted by atomic mass is 16.5. The summed E-state index contributed by atoms with van der Waals surface area (Å²) in [5.74, 6) is -0.191. The highest BCUT2D eigenvalue weighted by Crippen LogP contribution is 2.18. The lowest BCUT2D eigenvalue weighted by Crippen LogP contribution is -2.14. The second-order valence-corrected chi connectivity index (χ2v) is 4.20. The van der Waals surface area contributed by atoms with Crippen molar-refractivity contribution in [1.82, 2.24) is 9.55 Å². The maximum atomic E-state index is 11.6. The lowest BCUT2D eigenvalue weighted by Gasteiger charge is -2.06. The van der Waals surface area contributed by atoms with E-state index in [-0.39, 0.29) is 12.1 Å². The van der Waals surface area contributed by atoms with Crippen LogP contribution in [0.1, 0.15) is 19.8 Å². The Hall–Kier alpha value is -2.24. The van der Waals surface area contributed by atoms with Crippen molar-refractivity contribution in [1.29, 1.82) is 0 Å². The average Bonchev–Trinajstić information content (AvgIpc) is 2.69. The zero-order chi connectivity index (χ0) is 13.8. The van der Waals surface area contributed by atoms with Gasteiger partial charge in [0.25, 0.3) is 0 Å². The molecule has 0 saturated carbocycles. The van der Waals surface area contributed by atoms with Crippen LogP contribution in [0.4, 0.5) is 0 Å². The molecule has 0 saturated heterocycles. The summed E-state index contributed by atoms with van der Waals surface area (Å²) in [7, 11) is 0. The highest BCUT2D eigenvalue weighted by molar-refractivity contribution is 5.77. The molecular formula is C13H16N2O4. The van der Waals surface area contributed by atoms with Crippen LogP contribution in [-0.2, 0) is 11.3 Å². The van der Waals surface area contributed by atoms with Crippen LogP contribution in [-0.4, -0.2) is 27.2 Å². The van der Waals surface area contributed by atoms with E-state index in [1.54, 1.807) is 22.8 Å². The van der Waals surface area contributed by atoms with Crippen molar-refractivity contribution in [2.75, 3.05) is 6.61 Å². The van der Waals surface area contributed by atoms with Crippen molar-refractivity contribution in [3.8, 4) is 5.75 Å². The SMILES string of the molecule is CCn1c(=O)[nH]c2ccc(OCCCC(=O)O)cc21. The molecule has 1 aromatic carbocycles. The van der Waals surface area contributed by atoms with Gasteiger partial charge in [-0.2, -0.15) is 0 Å². The Balaban J connectivity index is 2.12. The molecule has 2 aromatic rings. The number of hydrogen-bond donors (Lipinski definition) is 2. The summed E-state index contributed by atoms with van der Waals surface area (Å²) in [4.78, 5) is 24.8.